The Bertz CT molecular complexity index is 1150. The number of amides is 1. The summed E-state index contributed by atoms with van der Waals surface area (Å²) in [4.78, 5) is 22.7. The van der Waals surface area contributed by atoms with E-state index in [1.54, 1.807) is 11.8 Å². The van der Waals surface area contributed by atoms with Crippen LogP contribution < -0.4 is 5.48 Å². The molecule has 1 atom stereocenters. The highest BCUT2D eigenvalue weighted by Gasteiger charge is 2.60. The average molecular weight is 518 g/mol. The first-order valence-electron chi connectivity index (χ1n) is 10.2. The molecule has 0 bridgehead atoms. The normalized spacial score (nSPS) is 24.2. The maximum Gasteiger partial charge on any atom is 0.428 e. The van der Waals surface area contributed by atoms with Gasteiger partial charge in [-0.3, -0.25) is 20.1 Å². The maximum absolute atomic E-state index is 15.2. The molecular weight excluding hydrogens is 501 g/mol. The van der Waals surface area contributed by atoms with Gasteiger partial charge in [-0.25, -0.2) is 8.78 Å². The highest BCUT2D eigenvalue weighted by Crippen LogP contribution is 2.48. The zero-order valence-corrected chi connectivity index (χ0v) is 18.9. The van der Waals surface area contributed by atoms with Gasteiger partial charge in [-0.1, -0.05) is 11.6 Å². The molecule has 12 heteroatoms. The standard InChI is InChI=1S/C22H17ClF5N3O2S/c23-15-3-14(4-16(24)5-15)21(22(26,27)28)6-17(30-33-21)12-1-2-18(29-7-12)20(25)10-31(11-20)19(32)13-8-34-9-13/h1-7,13,30H,8-11H2. The lowest BCUT2D eigenvalue weighted by atomic mass is 9.89. The second-order valence-corrected chi connectivity index (χ2v) is 9.99. The van der Waals surface area contributed by atoms with Crippen molar-refractivity contribution in [3.05, 3.63) is 70.3 Å². The zero-order valence-electron chi connectivity index (χ0n) is 17.3. The largest absolute Gasteiger partial charge is 0.428 e. The minimum Gasteiger partial charge on any atom is -0.335 e. The minimum atomic E-state index is -4.95. The molecule has 0 radical (unpaired) electrons. The lowest BCUT2D eigenvalue weighted by Crippen LogP contribution is -2.61. The second-order valence-electron chi connectivity index (χ2n) is 8.48. The third kappa shape index (κ3) is 3.83. The number of hydrogen-bond donors (Lipinski definition) is 1. The molecule has 3 aliphatic rings. The number of nitrogens with zero attached hydrogens (tertiary/aromatic N) is 2. The quantitative estimate of drug-likeness (QED) is 0.602. The minimum absolute atomic E-state index is 0.0628. The fourth-order valence-electron chi connectivity index (χ4n) is 4.09. The summed E-state index contributed by atoms with van der Waals surface area (Å²) in [5, 5.41) is -0.215. The molecule has 3 aliphatic heterocycles. The van der Waals surface area contributed by atoms with Gasteiger partial charge in [0.15, 0.2) is 5.67 Å². The molecule has 1 aromatic heterocycles. The number of thioether (sulfide) groups is 1. The van der Waals surface area contributed by atoms with Gasteiger partial charge in [0.05, 0.1) is 30.4 Å². The van der Waals surface area contributed by atoms with Gasteiger partial charge in [-0.2, -0.15) is 24.9 Å². The number of hydrogen-bond acceptors (Lipinski definition) is 5. The number of alkyl halides is 4. The van der Waals surface area contributed by atoms with Gasteiger partial charge in [0, 0.05) is 33.9 Å². The van der Waals surface area contributed by atoms with Crippen molar-refractivity contribution in [3.8, 4) is 0 Å². The van der Waals surface area contributed by atoms with E-state index in [1.807, 2.05) is 0 Å². The van der Waals surface area contributed by atoms with Crippen LogP contribution >= 0.6 is 23.4 Å². The predicted molar refractivity (Wildman–Crippen MR) is 116 cm³/mol. The Hall–Kier alpha value is -2.37. The van der Waals surface area contributed by atoms with Gasteiger partial charge in [0.2, 0.25) is 11.5 Å². The SMILES string of the molecule is O=C(C1CSC1)N1CC(F)(c2ccc(C3=CC(c4cc(F)cc(Cl)c4)(C(F)(F)F)ON3)cn2)C1. The van der Waals surface area contributed by atoms with Crippen molar-refractivity contribution in [2.75, 3.05) is 24.6 Å². The number of likely N-dealkylation sites (tertiary alicyclic amines) is 1. The van der Waals surface area contributed by atoms with Gasteiger partial charge < -0.3 is 4.90 Å². The zero-order chi connectivity index (χ0) is 24.3. The van der Waals surface area contributed by atoms with Crippen molar-refractivity contribution >= 4 is 35.0 Å². The summed E-state index contributed by atoms with van der Waals surface area (Å²) < 4.78 is 71.1. The summed E-state index contributed by atoms with van der Waals surface area (Å²) in [6.07, 6.45) is -2.96. The molecule has 2 fully saturated rings. The summed E-state index contributed by atoms with van der Waals surface area (Å²) in [7, 11) is 0. The van der Waals surface area contributed by atoms with Crippen molar-refractivity contribution in [3.63, 3.8) is 0 Å². The summed E-state index contributed by atoms with van der Waals surface area (Å²) in [6, 6.07) is 5.33. The van der Waals surface area contributed by atoms with Crippen LogP contribution in [-0.2, 0) is 20.9 Å². The van der Waals surface area contributed by atoms with Gasteiger partial charge in [-0.15, -0.1) is 0 Å². The molecule has 34 heavy (non-hydrogen) atoms. The molecule has 2 aromatic rings. The van der Waals surface area contributed by atoms with Crippen LogP contribution in [0.3, 0.4) is 0 Å². The molecule has 5 nitrogen and oxygen atoms in total. The third-order valence-electron chi connectivity index (χ3n) is 6.10. The van der Waals surface area contributed by atoms with Crippen LogP contribution in [0.2, 0.25) is 5.02 Å². The molecule has 1 unspecified atom stereocenters. The number of aromatic nitrogens is 1. The molecule has 4 heterocycles. The molecule has 0 aliphatic carbocycles. The van der Waals surface area contributed by atoms with Crippen molar-refractivity contribution in [2.45, 2.75) is 17.4 Å². The average Bonchev–Trinajstić information content (AvgIpc) is 3.16. The van der Waals surface area contributed by atoms with Crippen LogP contribution in [0.25, 0.3) is 5.70 Å². The van der Waals surface area contributed by atoms with Crippen LogP contribution in [0.4, 0.5) is 22.0 Å². The fraction of sp³-hybridized carbons (Fsp3) is 0.364. The molecule has 2 saturated heterocycles. The first kappa shape index (κ1) is 23.4. The first-order valence-corrected chi connectivity index (χ1v) is 11.8. The van der Waals surface area contributed by atoms with E-state index in [0.29, 0.717) is 6.07 Å². The Labute approximate surface area is 200 Å². The Morgan fingerprint density at radius 1 is 1.24 bits per heavy atom. The number of hydroxylamine groups is 1. The number of rotatable bonds is 4. The molecular formula is C22H17ClF5N3O2S. The van der Waals surface area contributed by atoms with Crippen LogP contribution in [-0.4, -0.2) is 46.6 Å². The topological polar surface area (TPSA) is 54.5 Å². The first-order chi connectivity index (χ1) is 16.0. The third-order valence-corrected chi connectivity index (χ3v) is 7.59. The lowest BCUT2D eigenvalue weighted by Gasteiger charge is -2.46. The van der Waals surface area contributed by atoms with Gasteiger partial charge in [-0.05, 0) is 36.4 Å². The predicted octanol–water partition coefficient (Wildman–Crippen LogP) is 4.58. The number of pyridine rings is 1. The molecule has 0 spiro atoms. The summed E-state index contributed by atoms with van der Waals surface area (Å²) in [5.41, 5.74) is -2.88. The number of nitrogens with one attached hydrogen (secondary N) is 1. The van der Waals surface area contributed by atoms with E-state index < -0.39 is 28.8 Å². The molecule has 1 amide bonds. The summed E-state index contributed by atoms with van der Waals surface area (Å²) in [5.74, 6) is 0.411. The summed E-state index contributed by atoms with van der Waals surface area (Å²) in [6.45, 7) is -0.220. The highest BCUT2D eigenvalue weighted by molar-refractivity contribution is 8.00. The van der Waals surface area contributed by atoms with E-state index >= 15 is 4.39 Å². The molecule has 5 rings (SSSR count). The van der Waals surface area contributed by atoms with Crippen molar-refractivity contribution in [1.29, 1.82) is 0 Å². The van der Waals surface area contributed by atoms with Crippen LogP contribution in [0.1, 0.15) is 16.8 Å². The number of carbonyl (C=O) groups excluding carboxylic acids is 1. The molecule has 1 aromatic carbocycles. The van der Waals surface area contributed by atoms with Crippen molar-refractivity contribution in [2.24, 2.45) is 5.92 Å². The van der Waals surface area contributed by atoms with E-state index in [1.165, 1.54) is 23.2 Å². The fourth-order valence-corrected chi connectivity index (χ4v) is 5.06. The molecule has 1 N–H and O–H groups in total. The van der Waals surface area contributed by atoms with E-state index in [9.17, 15) is 22.4 Å². The number of benzene rings is 1. The van der Waals surface area contributed by atoms with E-state index in [2.05, 4.69) is 10.5 Å². The van der Waals surface area contributed by atoms with E-state index in [4.69, 9.17) is 16.4 Å². The highest BCUT2D eigenvalue weighted by atomic mass is 35.5. The van der Waals surface area contributed by atoms with Gasteiger partial charge in [0.25, 0.3) is 0 Å². The monoisotopic (exact) mass is 517 g/mol. The Balaban J connectivity index is 1.38. The van der Waals surface area contributed by atoms with Crippen LogP contribution in [0.15, 0.2) is 42.6 Å². The van der Waals surface area contributed by atoms with Crippen molar-refractivity contribution < 1.29 is 31.6 Å². The molecule has 0 saturated carbocycles. The molecule has 180 valence electrons. The van der Waals surface area contributed by atoms with E-state index in [0.717, 1.165) is 29.7 Å². The number of carbonyl (C=O) groups is 1. The second kappa shape index (κ2) is 8.10. The van der Waals surface area contributed by atoms with E-state index in [-0.39, 0.29) is 46.9 Å². The number of halogens is 6. The Kier molecular flexibility index (Phi) is 5.57. The lowest BCUT2D eigenvalue weighted by molar-refractivity contribution is -0.269. The maximum atomic E-state index is 15.2. The Morgan fingerprint density at radius 2 is 1.97 bits per heavy atom. The van der Waals surface area contributed by atoms with Gasteiger partial charge in [0.1, 0.15) is 5.82 Å². The summed E-state index contributed by atoms with van der Waals surface area (Å²) >= 11 is 7.42. The smallest absolute Gasteiger partial charge is 0.335 e. The van der Waals surface area contributed by atoms with Crippen LogP contribution in [0, 0.1) is 11.7 Å². The van der Waals surface area contributed by atoms with Crippen LogP contribution in [0.5, 0.6) is 0 Å². The van der Waals surface area contributed by atoms with Gasteiger partial charge >= 0.3 is 6.18 Å². The van der Waals surface area contributed by atoms with Crippen molar-refractivity contribution in [1.82, 2.24) is 15.4 Å². The Morgan fingerprint density at radius 3 is 2.53 bits per heavy atom.